The molecule has 0 bridgehead atoms. The van der Waals surface area contributed by atoms with Crippen molar-refractivity contribution in [3.05, 3.63) is 64.8 Å². The maximum absolute atomic E-state index is 6.05. The van der Waals surface area contributed by atoms with E-state index in [9.17, 15) is 0 Å². The van der Waals surface area contributed by atoms with Crippen LogP contribution in [-0.4, -0.2) is 4.98 Å². The van der Waals surface area contributed by atoms with Gasteiger partial charge in [-0.15, -0.1) is 0 Å². The van der Waals surface area contributed by atoms with Crippen LogP contribution in [0.5, 0.6) is 0 Å². The minimum Gasteiger partial charge on any atom is -0.355 e. The van der Waals surface area contributed by atoms with E-state index in [1.54, 1.807) is 0 Å². The first-order valence-electron chi connectivity index (χ1n) is 6.97. The van der Waals surface area contributed by atoms with Gasteiger partial charge in [0.2, 0.25) is 0 Å². The van der Waals surface area contributed by atoms with Crippen LogP contribution < -0.4 is 5.32 Å². The molecule has 1 N–H and O–H groups in total. The fraction of sp³-hybridized carbons (Fsp3) is 0.118. The maximum atomic E-state index is 6.05. The Labute approximate surface area is 142 Å². The van der Waals surface area contributed by atoms with E-state index in [1.165, 1.54) is 11.1 Å². The Bertz CT molecular complexity index is 851. The number of anilines is 2. The van der Waals surface area contributed by atoms with Crippen LogP contribution in [0.1, 0.15) is 11.1 Å². The Morgan fingerprint density at radius 1 is 0.955 bits per heavy atom. The van der Waals surface area contributed by atoms with Gasteiger partial charge in [-0.25, -0.2) is 0 Å². The molecule has 2 heterocycles. The Hall–Kier alpha value is -1.36. The van der Waals surface area contributed by atoms with Gasteiger partial charge in [0.15, 0.2) is 0 Å². The van der Waals surface area contributed by atoms with Gasteiger partial charge in [0, 0.05) is 39.5 Å². The van der Waals surface area contributed by atoms with Crippen molar-refractivity contribution in [2.75, 3.05) is 5.32 Å². The average molecular weight is 345 g/mol. The molecule has 0 amide bonds. The molecule has 1 aromatic heterocycles. The summed E-state index contributed by atoms with van der Waals surface area (Å²) in [4.78, 5) is 4.38. The molecule has 1 aliphatic heterocycles. The van der Waals surface area contributed by atoms with Crippen LogP contribution >= 0.6 is 33.2 Å². The summed E-state index contributed by atoms with van der Waals surface area (Å²) in [5.74, 6) is 2.17. The van der Waals surface area contributed by atoms with Gasteiger partial charge >= 0.3 is 0 Å². The molecule has 110 valence electrons. The van der Waals surface area contributed by atoms with E-state index >= 15 is 0 Å². The number of hydrogen-bond donors (Lipinski definition) is 1. The Kier molecular flexibility index (Phi) is 3.90. The number of halogens is 1. The average Bonchev–Trinajstić information content (AvgIpc) is 2.55. The number of nitrogens with zero attached hydrogens (tertiary/aromatic N) is 1. The van der Waals surface area contributed by atoms with E-state index in [0.717, 1.165) is 33.8 Å². The van der Waals surface area contributed by atoms with Gasteiger partial charge in [-0.1, -0.05) is 39.3 Å². The molecule has 0 spiro atoms. The van der Waals surface area contributed by atoms with Crippen molar-refractivity contribution in [3.63, 3.8) is 0 Å². The SMILES string of the molecule is Clc1ccc2c(Nc3ccc4c(c3)CSSC4)ccnc2c1. The molecular weight excluding hydrogens is 332 g/mol. The van der Waals surface area contributed by atoms with Crippen LogP contribution in [0.15, 0.2) is 48.7 Å². The van der Waals surface area contributed by atoms with Crippen molar-refractivity contribution in [3.8, 4) is 0 Å². The first kappa shape index (κ1) is 14.2. The molecule has 0 unspecified atom stereocenters. The quantitative estimate of drug-likeness (QED) is 0.574. The summed E-state index contributed by atoms with van der Waals surface area (Å²) in [6, 6.07) is 14.4. The number of rotatable bonds is 2. The van der Waals surface area contributed by atoms with Crippen molar-refractivity contribution >= 4 is 55.5 Å². The summed E-state index contributed by atoms with van der Waals surface area (Å²) in [7, 11) is 3.85. The van der Waals surface area contributed by atoms with Gasteiger partial charge in [0.05, 0.1) is 5.52 Å². The highest BCUT2D eigenvalue weighted by Gasteiger charge is 2.11. The molecule has 2 aromatic carbocycles. The maximum Gasteiger partial charge on any atom is 0.0737 e. The third kappa shape index (κ3) is 2.78. The summed E-state index contributed by atoms with van der Waals surface area (Å²) in [6.45, 7) is 0. The van der Waals surface area contributed by atoms with Gasteiger partial charge in [-0.2, -0.15) is 0 Å². The smallest absolute Gasteiger partial charge is 0.0737 e. The molecule has 1 aliphatic rings. The zero-order chi connectivity index (χ0) is 14.9. The molecule has 0 aliphatic carbocycles. The van der Waals surface area contributed by atoms with Crippen molar-refractivity contribution in [1.82, 2.24) is 4.98 Å². The second-order valence-electron chi connectivity index (χ2n) is 5.15. The van der Waals surface area contributed by atoms with E-state index in [0.29, 0.717) is 5.02 Å². The zero-order valence-corrected chi connectivity index (χ0v) is 14.1. The lowest BCUT2D eigenvalue weighted by Crippen LogP contribution is -1.98. The standard InChI is InChI=1S/C17H13ClN2S2/c18-13-2-4-15-16(5-6-19-17(15)8-13)20-14-3-1-11-9-21-22-10-12(11)7-14/h1-8H,9-10H2,(H,19,20). The molecule has 0 fully saturated rings. The van der Waals surface area contributed by atoms with E-state index < -0.39 is 0 Å². The summed E-state index contributed by atoms with van der Waals surface area (Å²) in [5.41, 5.74) is 5.95. The highest BCUT2D eigenvalue weighted by Crippen LogP contribution is 2.38. The second-order valence-corrected chi connectivity index (χ2v) is 8.05. The number of benzene rings is 2. The van der Waals surface area contributed by atoms with Crippen LogP contribution in [0.3, 0.4) is 0 Å². The molecule has 0 saturated carbocycles. The summed E-state index contributed by atoms with van der Waals surface area (Å²) >= 11 is 6.05. The number of nitrogens with one attached hydrogen (secondary N) is 1. The summed E-state index contributed by atoms with van der Waals surface area (Å²) < 4.78 is 0. The van der Waals surface area contributed by atoms with E-state index in [4.69, 9.17) is 11.6 Å². The molecule has 4 rings (SSSR count). The van der Waals surface area contributed by atoms with E-state index in [2.05, 4.69) is 28.5 Å². The first-order chi connectivity index (χ1) is 10.8. The fourth-order valence-corrected chi connectivity index (χ4v) is 4.97. The molecule has 3 aromatic rings. The lowest BCUT2D eigenvalue weighted by Gasteiger charge is -2.17. The van der Waals surface area contributed by atoms with Gasteiger partial charge in [0.25, 0.3) is 0 Å². The van der Waals surface area contributed by atoms with Gasteiger partial charge in [-0.3, -0.25) is 4.98 Å². The zero-order valence-electron chi connectivity index (χ0n) is 11.7. The van der Waals surface area contributed by atoms with Crippen LogP contribution in [0.4, 0.5) is 11.4 Å². The molecule has 0 saturated heterocycles. The number of aromatic nitrogens is 1. The van der Waals surface area contributed by atoms with Crippen LogP contribution in [0, 0.1) is 0 Å². The van der Waals surface area contributed by atoms with Crippen molar-refractivity contribution in [2.45, 2.75) is 11.5 Å². The van der Waals surface area contributed by atoms with Crippen LogP contribution in [0.25, 0.3) is 10.9 Å². The Balaban J connectivity index is 1.71. The summed E-state index contributed by atoms with van der Waals surface area (Å²) in [5, 5.41) is 5.30. The highest BCUT2D eigenvalue weighted by molar-refractivity contribution is 8.76. The van der Waals surface area contributed by atoms with Crippen molar-refractivity contribution in [1.29, 1.82) is 0 Å². The van der Waals surface area contributed by atoms with Crippen molar-refractivity contribution in [2.24, 2.45) is 0 Å². The lowest BCUT2D eigenvalue weighted by atomic mass is 10.1. The molecule has 0 atom stereocenters. The van der Waals surface area contributed by atoms with Crippen LogP contribution in [0.2, 0.25) is 5.02 Å². The normalized spacial score (nSPS) is 13.9. The minimum atomic E-state index is 0.709. The van der Waals surface area contributed by atoms with E-state index in [1.807, 2.05) is 52.1 Å². The van der Waals surface area contributed by atoms with E-state index in [-0.39, 0.29) is 0 Å². The minimum absolute atomic E-state index is 0.709. The predicted molar refractivity (Wildman–Crippen MR) is 99.1 cm³/mol. The van der Waals surface area contributed by atoms with Gasteiger partial charge in [-0.05, 0) is 47.5 Å². The lowest BCUT2D eigenvalue weighted by molar-refractivity contribution is 1.28. The summed E-state index contributed by atoms with van der Waals surface area (Å²) in [6.07, 6.45) is 1.81. The number of fused-ring (bicyclic) bond motifs is 2. The van der Waals surface area contributed by atoms with Gasteiger partial charge < -0.3 is 5.32 Å². The highest BCUT2D eigenvalue weighted by atomic mass is 35.5. The topological polar surface area (TPSA) is 24.9 Å². The molecule has 5 heteroatoms. The van der Waals surface area contributed by atoms with Crippen LogP contribution in [-0.2, 0) is 11.5 Å². The third-order valence-electron chi connectivity index (χ3n) is 3.70. The molecule has 0 radical (unpaired) electrons. The fourth-order valence-electron chi connectivity index (χ4n) is 2.57. The van der Waals surface area contributed by atoms with Crippen molar-refractivity contribution < 1.29 is 0 Å². The predicted octanol–water partition coefficient (Wildman–Crippen LogP) is 6.03. The molecule has 2 nitrogen and oxygen atoms in total. The largest absolute Gasteiger partial charge is 0.355 e. The molecular formula is C17H13ClN2S2. The monoisotopic (exact) mass is 344 g/mol. The number of hydrogen-bond acceptors (Lipinski definition) is 4. The van der Waals surface area contributed by atoms with Gasteiger partial charge in [0.1, 0.15) is 0 Å². The first-order valence-corrected chi connectivity index (χ1v) is 9.84. The second kappa shape index (κ2) is 6.03. The number of pyridine rings is 1. The third-order valence-corrected chi connectivity index (χ3v) is 6.17. The Morgan fingerprint density at radius 2 is 1.82 bits per heavy atom. The molecule has 22 heavy (non-hydrogen) atoms. The Morgan fingerprint density at radius 3 is 2.73 bits per heavy atom.